The van der Waals surface area contributed by atoms with Gasteiger partial charge >= 0.3 is 0 Å². The van der Waals surface area contributed by atoms with Gasteiger partial charge in [-0.1, -0.05) is 17.7 Å². The summed E-state index contributed by atoms with van der Waals surface area (Å²) in [5.41, 5.74) is 4.52. The van der Waals surface area contributed by atoms with Crippen LogP contribution < -0.4 is 5.32 Å². The van der Waals surface area contributed by atoms with Gasteiger partial charge in [-0.25, -0.2) is 4.98 Å². The Morgan fingerprint density at radius 2 is 2.06 bits per heavy atom. The second-order valence-corrected chi connectivity index (χ2v) is 8.67. The SMILES string of the molecule is Cc1ccc(CO)c(CN2CCn3cc(-c4cc(Nc5ccnn5C)ncc4Cl)cc3C2=O)n1. The molecule has 0 fully saturated rings. The van der Waals surface area contributed by atoms with Gasteiger partial charge in [-0.15, -0.1) is 0 Å². The number of hydrogen-bond acceptors (Lipinski definition) is 6. The zero-order valence-corrected chi connectivity index (χ0v) is 19.6. The van der Waals surface area contributed by atoms with Crippen LogP contribution in [-0.4, -0.2) is 46.8 Å². The van der Waals surface area contributed by atoms with Gasteiger partial charge < -0.3 is 19.9 Å². The third kappa shape index (κ3) is 4.15. The Labute approximate surface area is 201 Å². The number of aliphatic hydroxyl groups is 1. The van der Waals surface area contributed by atoms with Crippen molar-refractivity contribution in [2.45, 2.75) is 26.6 Å². The molecule has 0 bridgehead atoms. The molecule has 0 aromatic carbocycles. The minimum Gasteiger partial charge on any atom is -0.392 e. The van der Waals surface area contributed by atoms with Crippen molar-refractivity contribution in [1.29, 1.82) is 0 Å². The monoisotopic (exact) mass is 477 g/mol. The number of aliphatic hydroxyl groups excluding tert-OH is 1. The molecule has 1 amide bonds. The summed E-state index contributed by atoms with van der Waals surface area (Å²) in [6.45, 7) is 3.35. The maximum Gasteiger partial charge on any atom is 0.270 e. The second-order valence-electron chi connectivity index (χ2n) is 8.27. The van der Waals surface area contributed by atoms with Gasteiger partial charge in [-0.05, 0) is 25.1 Å². The van der Waals surface area contributed by atoms with Gasteiger partial charge in [0.2, 0.25) is 0 Å². The highest BCUT2D eigenvalue weighted by molar-refractivity contribution is 6.33. The van der Waals surface area contributed by atoms with E-state index in [2.05, 4.69) is 20.4 Å². The number of pyridine rings is 2. The minimum atomic E-state index is -0.110. The van der Waals surface area contributed by atoms with Gasteiger partial charge in [0.25, 0.3) is 5.91 Å². The Hall–Kier alpha value is -3.69. The van der Waals surface area contributed by atoms with E-state index in [-0.39, 0.29) is 12.5 Å². The quantitative estimate of drug-likeness (QED) is 0.440. The Morgan fingerprint density at radius 1 is 1.21 bits per heavy atom. The number of hydrogen-bond donors (Lipinski definition) is 2. The van der Waals surface area contributed by atoms with Crippen LogP contribution in [0.15, 0.2) is 48.9 Å². The number of rotatable bonds is 6. The van der Waals surface area contributed by atoms with E-state index in [1.165, 1.54) is 0 Å². The van der Waals surface area contributed by atoms with Crippen molar-refractivity contribution in [3.63, 3.8) is 0 Å². The molecule has 0 saturated heterocycles. The molecule has 9 nitrogen and oxygen atoms in total. The Balaban J connectivity index is 1.41. The Bertz CT molecular complexity index is 1380. The van der Waals surface area contributed by atoms with Crippen molar-refractivity contribution in [2.24, 2.45) is 7.05 Å². The number of nitrogens with one attached hydrogen (secondary N) is 1. The van der Waals surface area contributed by atoms with E-state index in [0.29, 0.717) is 36.2 Å². The standard InChI is InChI=1S/C24H24ClN7O2/c1-15-3-4-16(14-33)20(28-15)13-32-8-7-31-12-17(9-21(31)24(32)34)18-10-22(26-11-19(18)25)29-23-5-6-27-30(23)2/h3-6,9-12,33H,7-8,13-14H2,1-2H3,(H,26,29). The molecular weight excluding hydrogens is 454 g/mol. The molecule has 0 aliphatic carbocycles. The van der Waals surface area contributed by atoms with Crippen molar-refractivity contribution < 1.29 is 9.90 Å². The Morgan fingerprint density at radius 3 is 2.82 bits per heavy atom. The smallest absolute Gasteiger partial charge is 0.270 e. The topological polar surface area (TPSA) is 101 Å². The van der Waals surface area contributed by atoms with Crippen molar-refractivity contribution in [3.05, 3.63) is 76.6 Å². The summed E-state index contributed by atoms with van der Waals surface area (Å²) in [5.74, 6) is 1.35. The lowest BCUT2D eigenvalue weighted by Gasteiger charge is -2.28. The molecule has 1 aliphatic rings. The van der Waals surface area contributed by atoms with Crippen LogP contribution >= 0.6 is 11.6 Å². The van der Waals surface area contributed by atoms with Crippen molar-refractivity contribution in [3.8, 4) is 11.1 Å². The molecule has 0 radical (unpaired) electrons. The summed E-state index contributed by atoms with van der Waals surface area (Å²) >= 11 is 6.48. The van der Waals surface area contributed by atoms with Gasteiger partial charge in [0.1, 0.15) is 17.3 Å². The number of anilines is 2. The molecule has 34 heavy (non-hydrogen) atoms. The van der Waals surface area contributed by atoms with Crippen LogP contribution in [0, 0.1) is 6.92 Å². The zero-order chi connectivity index (χ0) is 23.8. The van der Waals surface area contributed by atoms with Gasteiger partial charge in [0, 0.05) is 61.0 Å². The lowest BCUT2D eigenvalue weighted by Crippen LogP contribution is -2.39. The van der Waals surface area contributed by atoms with Crippen LogP contribution in [0.25, 0.3) is 11.1 Å². The van der Waals surface area contributed by atoms with E-state index in [4.69, 9.17) is 11.6 Å². The van der Waals surface area contributed by atoms with E-state index in [9.17, 15) is 9.90 Å². The van der Waals surface area contributed by atoms with Gasteiger partial charge in [0.15, 0.2) is 0 Å². The van der Waals surface area contributed by atoms with Crippen LogP contribution in [0.2, 0.25) is 5.02 Å². The fourth-order valence-electron chi connectivity index (χ4n) is 4.12. The summed E-state index contributed by atoms with van der Waals surface area (Å²) in [7, 11) is 1.84. The molecule has 1 aliphatic heterocycles. The molecule has 174 valence electrons. The first-order valence-corrected chi connectivity index (χ1v) is 11.3. The zero-order valence-electron chi connectivity index (χ0n) is 18.9. The summed E-state index contributed by atoms with van der Waals surface area (Å²) in [5, 5.41) is 17.5. The lowest BCUT2D eigenvalue weighted by molar-refractivity contribution is 0.0687. The number of fused-ring (bicyclic) bond motifs is 1. The predicted octanol–water partition coefficient (Wildman–Crippen LogP) is 3.53. The van der Waals surface area contributed by atoms with E-state index >= 15 is 0 Å². The highest BCUT2D eigenvalue weighted by Crippen LogP contribution is 2.33. The molecule has 5 heterocycles. The fourth-order valence-corrected chi connectivity index (χ4v) is 4.33. The maximum atomic E-state index is 13.3. The minimum absolute atomic E-state index is 0.0805. The number of carbonyl (C=O) groups is 1. The molecule has 0 saturated carbocycles. The molecule has 4 aromatic rings. The maximum absolute atomic E-state index is 13.3. The van der Waals surface area contributed by atoms with E-state index < -0.39 is 0 Å². The second kappa shape index (κ2) is 8.92. The fraction of sp³-hybridized carbons (Fsp3) is 0.250. The number of aromatic nitrogens is 5. The highest BCUT2D eigenvalue weighted by Gasteiger charge is 2.27. The number of amides is 1. The summed E-state index contributed by atoms with van der Waals surface area (Å²) in [6.07, 6.45) is 5.25. The lowest BCUT2D eigenvalue weighted by atomic mass is 10.1. The van der Waals surface area contributed by atoms with Crippen LogP contribution in [0.5, 0.6) is 0 Å². The molecule has 0 unspecified atom stereocenters. The molecular formula is C24H24ClN7O2. The predicted molar refractivity (Wildman–Crippen MR) is 129 cm³/mol. The average molecular weight is 478 g/mol. The van der Waals surface area contributed by atoms with Gasteiger partial charge in [0.05, 0.1) is 30.1 Å². The van der Waals surface area contributed by atoms with Crippen molar-refractivity contribution in [2.75, 3.05) is 11.9 Å². The first-order chi connectivity index (χ1) is 16.4. The number of aryl methyl sites for hydroxylation is 2. The summed E-state index contributed by atoms with van der Waals surface area (Å²) in [6, 6.07) is 9.30. The van der Waals surface area contributed by atoms with Crippen molar-refractivity contribution in [1.82, 2.24) is 29.2 Å². The largest absolute Gasteiger partial charge is 0.392 e. The highest BCUT2D eigenvalue weighted by atomic mass is 35.5. The summed E-state index contributed by atoms with van der Waals surface area (Å²) < 4.78 is 3.67. The van der Waals surface area contributed by atoms with Crippen LogP contribution in [-0.2, 0) is 26.7 Å². The molecule has 0 atom stereocenters. The molecule has 4 aromatic heterocycles. The van der Waals surface area contributed by atoms with E-state index in [1.807, 2.05) is 55.1 Å². The molecule has 5 rings (SSSR count). The Kier molecular flexibility index (Phi) is 5.80. The van der Waals surface area contributed by atoms with Crippen LogP contribution in [0.1, 0.15) is 27.4 Å². The number of halogens is 1. The van der Waals surface area contributed by atoms with Crippen LogP contribution in [0.4, 0.5) is 11.6 Å². The normalized spacial score (nSPS) is 13.3. The molecule has 0 spiro atoms. The number of carbonyl (C=O) groups excluding carboxylic acids is 1. The number of nitrogens with zero attached hydrogens (tertiary/aromatic N) is 6. The van der Waals surface area contributed by atoms with E-state index in [1.54, 1.807) is 22.0 Å². The van der Waals surface area contributed by atoms with Crippen molar-refractivity contribution >= 4 is 29.1 Å². The average Bonchev–Trinajstić information content (AvgIpc) is 3.44. The third-order valence-corrected chi connectivity index (χ3v) is 6.28. The summed E-state index contributed by atoms with van der Waals surface area (Å²) in [4.78, 5) is 24.0. The van der Waals surface area contributed by atoms with Crippen LogP contribution in [0.3, 0.4) is 0 Å². The van der Waals surface area contributed by atoms with E-state index in [0.717, 1.165) is 33.9 Å². The first kappa shape index (κ1) is 22.1. The van der Waals surface area contributed by atoms with Gasteiger partial charge in [-0.2, -0.15) is 5.10 Å². The van der Waals surface area contributed by atoms with Gasteiger partial charge in [-0.3, -0.25) is 14.5 Å². The molecule has 2 N–H and O–H groups in total. The third-order valence-electron chi connectivity index (χ3n) is 5.98. The molecule has 10 heteroatoms. The first-order valence-electron chi connectivity index (χ1n) is 10.9.